The molecule has 1 aliphatic rings. The number of rotatable bonds is 3. The zero-order chi connectivity index (χ0) is 16.3. The Hall–Kier alpha value is -1.56. The van der Waals surface area contributed by atoms with Gasteiger partial charge < -0.3 is 10.6 Å². The van der Waals surface area contributed by atoms with Crippen LogP contribution in [0.3, 0.4) is 0 Å². The lowest BCUT2D eigenvalue weighted by atomic mass is 9.95. The summed E-state index contributed by atoms with van der Waals surface area (Å²) in [6.07, 6.45) is 4.11. The molecule has 22 heavy (non-hydrogen) atoms. The number of nitrogens with one attached hydrogen (secondary N) is 2. The Kier molecular flexibility index (Phi) is 5.11. The Labute approximate surface area is 132 Å². The van der Waals surface area contributed by atoms with Crippen LogP contribution >= 0.6 is 0 Å². The number of hydrogen-bond acceptors (Lipinski definition) is 3. The van der Waals surface area contributed by atoms with Crippen LogP contribution in [0.5, 0.6) is 0 Å². The fourth-order valence-corrected chi connectivity index (χ4v) is 4.14. The summed E-state index contributed by atoms with van der Waals surface area (Å²) >= 11 is 0. The van der Waals surface area contributed by atoms with E-state index in [0.717, 1.165) is 29.7 Å². The standard InChI is InChI=1S/C16H24N2O3S/c1-11-7-8-15(12(2)9-11)18-16(19)17-13-5-4-6-14(10-13)22(3,20)21/h7-9,13-14H,4-6,10H2,1-3H3,(H2,17,18,19)/t13-,14+/m1/s1. The van der Waals surface area contributed by atoms with Gasteiger partial charge in [0.2, 0.25) is 0 Å². The van der Waals surface area contributed by atoms with E-state index in [1.54, 1.807) is 0 Å². The highest BCUT2D eigenvalue weighted by Crippen LogP contribution is 2.24. The van der Waals surface area contributed by atoms with Gasteiger partial charge in [-0.2, -0.15) is 0 Å². The maximum atomic E-state index is 12.1. The SMILES string of the molecule is Cc1ccc(NC(=O)N[C@@H]2CCC[C@H](S(C)(=O)=O)C2)c(C)c1. The number of amides is 2. The topological polar surface area (TPSA) is 75.3 Å². The second kappa shape index (κ2) is 6.69. The molecule has 1 aromatic carbocycles. The number of urea groups is 1. The van der Waals surface area contributed by atoms with Crippen LogP contribution in [-0.2, 0) is 9.84 Å². The quantitative estimate of drug-likeness (QED) is 0.897. The average molecular weight is 324 g/mol. The molecule has 0 radical (unpaired) electrons. The summed E-state index contributed by atoms with van der Waals surface area (Å²) in [5, 5.41) is 5.40. The van der Waals surface area contributed by atoms with Crippen molar-refractivity contribution in [1.29, 1.82) is 0 Å². The summed E-state index contributed by atoms with van der Waals surface area (Å²) in [6.45, 7) is 3.95. The molecule has 122 valence electrons. The number of sulfone groups is 1. The van der Waals surface area contributed by atoms with Crippen molar-refractivity contribution in [3.63, 3.8) is 0 Å². The number of hydrogen-bond donors (Lipinski definition) is 2. The van der Waals surface area contributed by atoms with Gasteiger partial charge in [0, 0.05) is 18.0 Å². The van der Waals surface area contributed by atoms with Crippen molar-refractivity contribution in [2.24, 2.45) is 0 Å². The van der Waals surface area contributed by atoms with E-state index >= 15 is 0 Å². The van der Waals surface area contributed by atoms with Crippen LogP contribution in [0.4, 0.5) is 10.5 Å². The number of benzene rings is 1. The Morgan fingerprint density at radius 1 is 1.23 bits per heavy atom. The third kappa shape index (κ3) is 4.47. The van der Waals surface area contributed by atoms with E-state index < -0.39 is 9.84 Å². The van der Waals surface area contributed by atoms with Crippen molar-refractivity contribution in [3.8, 4) is 0 Å². The second-order valence-electron chi connectivity index (χ2n) is 6.23. The summed E-state index contributed by atoms with van der Waals surface area (Å²) in [4.78, 5) is 12.1. The molecule has 1 saturated carbocycles. The molecule has 1 aliphatic carbocycles. The molecule has 2 atom stereocenters. The highest BCUT2D eigenvalue weighted by molar-refractivity contribution is 7.91. The first kappa shape index (κ1) is 16.8. The van der Waals surface area contributed by atoms with Gasteiger partial charge >= 0.3 is 6.03 Å². The molecule has 1 aromatic rings. The molecule has 6 heteroatoms. The van der Waals surface area contributed by atoms with Crippen LogP contribution < -0.4 is 10.6 Å². The van der Waals surface area contributed by atoms with E-state index in [2.05, 4.69) is 10.6 Å². The smallest absolute Gasteiger partial charge is 0.319 e. The van der Waals surface area contributed by atoms with Crippen LogP contribution in [0.1, 0.15) is 36.8 Å². The summed E-state index contributed by atoms with van der Waals surface area (Å²) < 4.78 is 23.3. The molecule has 0 bridgehead atoms. The largest absolute Gasteiger partial charge is 0.335 e. The predicted octanol–water partition coefficient (Wildman–Crippen LogP) is 2.78. The van der Waals surface area contributed by atoms with E-state index in [0.29, 0.717) is 12.8 Å². The zero-order valence-corrected chi connectivity index (χ0v) is 14.2. The third-order valence-corrected chi connectivity index (χ3v) is 5.84. The van der Waals surface area contributed by atoms with Crippen molar-refractivity contribution < 1.29 is 13.2 Å². The van der Waals surface area contributed by atoms with Crippen LogP contribution in [0.25, 0.3) is 0 Å². The maximum absolute atomic E-state index is 12.1. The van der Waals surface area contributed by atoms with Crippen molar-refractivity contribution in [1.82, 2.24) is 5.32 Å². The third-order valence-electron chi connectivity index (χ3n) is 4.20. The lowest BCUT2D eigenvalue weighted by Crippen LogP contribution is -2.43. The first-order valence-corrected chi connectivity index (χ1v) is 9.55. The number of carbonyl (C=O) groups is 1. The van der Waals surface area contributed by atoms with Crippen molar-refractivity contribution >= 4 is 21.6 Å². The highest BCUT2D eigenvalue weighted by atomic mass is 32.2. The Bertz CT molecular complexity index is 655. The molecule has 2 rings (SSSR count). The molecule has 2 amide bonds. The molecular formula is C16H24N2O3S. The van der Waals surface area contributed by atoms with Gasteiger partial charge in [0.1, 0.15) is 9.84 Å². The predicted molar refractivity (Wildman–Crippen MR) is 89.0 cm³/mol. The average Bonchev–Trinajstić information content (AvgIpc) is 2.41. The molecule has 0 heterocycles. The Morgan fingerprint density at radius 3 is 2.59 bits per heavy atom. The van der Waals surface area contributed by atoms with Crippen LogP contribution in [0, 0.1) is 13.8 Å². The van der Waals surface area contributed by atoms with Crippen molar-refractivity contribution in [2.75, 3.05) is 11.6 Å². The lowest BCUT2D eigenvalue weighted by Gasteiger charge is -2.28. The molecule has 0 saturated heterocycles. The van der Waals surface area contributed by atoms with E-state index in [1.165, 1.54) is 6.26 Å². The number of carbonyl (C=O) groups excluding carboxylic acids is 1. The molecule has 0 aliphatic heterocycles. The van der Waals surface area contributed by atoms with Crippen LogP contribution in [-0.4, -0.2) is 32.0 Å². The summed E-state index contributed by atoms with van der Waals surface area (Å²) in [5.74, 6) is 0. The van der Waals surface area contributed by atoms with E-state index in [1.807, 2.05) is 32.0 Å². The van der Waals surface area contributed by atoms with Crippen molar-refractivity contribution in [2.45, 2.75) is 50.8 Å². The van der Waals surface area contributed by atoms with Gasteiger partial charge in [-0.15, -0.1) is 0 Å². The minimum absolute atomic E-state index is 0.0840. The summed E-state index contributed by atoms with van der Waals surface area (Å²) in [7, 11) is -3.04. The first-order chi connectivity index (χ1) is 10.3. The monoisotopic (exact) mass is 324 g/mol. The zero-order valence-electron chi connectivity index (χ0n) is 13.3. The molecule has 0 aromatic heterocycles. The van der Waals surface area contributed by atoms with Crippen LogP contribution in [0.15, 0.2) is 18.2 Å². The van der Waals surface area contributed by atoms with Gasteiger partial charge in [-0.3, -0.25) is 0 Å². The first-order valence-electron chi connectivity index (χ1n) is 7.59. The lowest BCUT2D eigenvalue weighted by molar-refractivity contribution is 0.244. The second-order valence-corrected chi connectivity index (χ2v) is 8.56. The molecule has 0 spiro atoms. The van der Waals surface area contributed by atoms with E-state index in [-0.39, 0.29) is 17.3 Å². The van der Waals surface area contributed by atoms with E-state index in [9.17, 15) is 13.2 Å². The number of anilines is 1. The minimum Gasteiger partial charge on any atom is -0.335 e. The summed E-state index contributed by atoms with van der Waals surface area (Å²) in [5.41, 5.74) is 2.93. The number of aryl methyl sites for hydroxylation is 2. The molecule has 1 fully saturated rings. The normalized spacial score (nSPS) is 22.1. The Morgan fingerprint density at radius 2 is 1.95 bits per heavy atom. The van der Waals surface area contributed by atoms with E-state index in [4.69, 9.17) is 0 Å². The van der Waals surface area contributed by atoms with Gasteiger partial charge in [0.25, 0.3) is 0 Å². The molecule has 5 nitrogen and oxygen atoms in total. The van der Waals surface area contributed by atoms with Crippen molar-refractivity contribution in [3.05, 3.63) is 29.3 Å². The molecular weight excluding hydrogens is 300 g/mol. The fraction of sp³-hybridized carbons (Fsp3) is 0.562. The van der Waals surface area contributed by atoms with Gasteiger partial charge in [0.05, 0.1) is 5.25 Å². The van der Waals surface area contributed by atoms with Gasteiger partial charge in [-0.25, -0.2) is 13.2 Å². The molecule has 2 N–H and O–H groups in total. The minimum atomic E-state index is -3.04. The van der Waals surface area contributed by atoms with Gasteiger partial charge in [-0.05, 0) is 44.7 Å². The molecule has 0 unspecified atom stereocenters. The summed E-state index contributed by atoms with van der Waals surface area (Å²) in [6, 6.07) is 5.48. The Balaban J connectivity index is 1.94. The van der Waals surface area contributed by atoms with Gasteiger partial charge in [-0.1, -0.05) is 24.1 Å². The fourth-order valence-electron chi connectivity index (χ4n) is 2.96. The highest BCUT2D eigenvalue weighted by Gasteiger charge is 2.29. The van der Waals surface area contributed by atoms with Crippen LogP contribution in [0.2, 0.25) is 0 Å². The maximum Gasteiger partial charge on any atom is 0.319 e. The van der Waals surface area contributed by atoms with Gasteiger partial charge in [0.15, 0.2) is 0 Å².